The van der Waals surface area contributed by atoms with Crippen LogP contribution in [0.1, 0.15) is 12.8 Å². The highest BCUT2D eigenvalue weighted by molar-refractivity contribution is 6.03. The predicted octanol–water partition coefficient (Wildman–Crippen LogP) is -1.70. The molecule has 0 heterocycles. The van der Waals surface area contributed by atoms with Gasteiger partial charge in [-0.25, -0.2) is 0 Å². The van der Waals surface area contributed by atoms with Gasteiger partial charge in [-0.15, -0.1) is 0 Å². The molecule has 0 aliphatic rings. The van der Waals surface area contributed by atoms with Crippen LogP contribution in [0.3, 0.4) is 0 Å². The van der Waals surface area contributed by atoms with E-state index in [1.807, 2.05) is 0 Å². The zero-order valence-corrected chi connectivity index (χ0v) is 12.3. The van der Waals surface area contributed by atoms with Gasteiger partial charge in [-0.05, 0) is 0 Å². The van der Waals surface area contributed by atoms with Crippen molar-refractivity contribution >= 4 is 35.6 Å². The first-order valence-corrected chi connectivity index (χ1v) is 6.39. The van der Waals surface area contributed by atoms with Crippen LogP contribution in [0.4, 0.5) is 0 Å². The summed E-state index contributed by atoms with van der Waals surface area (Å²) < 4.78 is 0. The first kappa shape index (κ1) is 21.0. The Morgan fingerprint density at radius 3 is 1.58 bits per heavy atom. The molecule has 0 fully saturated rings. The number of rotatable bonds is 12. The molecule has 134 valence electrons. The fourth-order valence-electron chi connectivity index (χ4n) is 1.85. The van der Waals surface area contributed by atoms with Crippen LogP contribution in [0.15, 0.2) is 4.99 Å². The Morgan fingerprint density at radius 2 is 1.25 bits per heavy atom. The highest BCUT2D eigenvalue weighted by atomic mass is 16.4. The number of nitrogens with zero attached hydrogens (tertiary/aromatic N) is 2. The lowest BCUT2D eigenvalue weighted by atomic mass is 10.0. The summed E-state index contributed by atoms with van der Waals surface area (Å²) in [5, 5.41) is 44.0. The van der Waals surface area contributed by atoms with Crippen molar-refractivity contribution in [3.8, 4) is 0 Å². The number of hydrogen-bond donors (Lipinski definition) is 5. The van der Waals surface area contributed by atoms with Gasteiger partial charge < -0.3 is 25.5 Å². The average molecular weight is 348 g/mol. The Bertz CT molecular complexity index is 540. The molecule has 0 spiro atoms. The fourth-order valence-corrected chi connectivity index (χ4v) is 1.85. The summed E-state index contributed by atoms with van der Waals surface area (Å²) in [6, 6.07) is -1.50. The van der Waals surface area contributed by atoms with Crippen molar-refractivity contribution in [2.45, 2.75) is 18.9 Å². The highest BCUT2D eigenvalue weighted by Crippen LogP contribution is 2.11. The van der Waals surface area contributed by atoms with Gasteiger partial charge in [0, 0.05) is 5.71 Å². The van der Waals surface area contributed by atoms with E-state index in [0.717, 1.165) is 0 Å². The van der Waals surface area contributed by atoms with Gasteiger partial charge in [0.15, 0.2) is 0 Å². The van der Waals surface area contributed by atoms with Crippen molar-refractivity contribution < 1.29 is 49.5 Å². The number of hydrogen-bond acceptors (Lipinski definition) is 7. The number of carboxylic acids is 5. The molecule has 0 saturated carbocycles. The summed E-state index contributed by atoms with van der Waals surface area (Å²) in [4.78, 5) is 58.4. The van der Waals surface area contributed by atoms with Crippen molar-refractivity contribution in [2.24, 2.45) is 4.99 Å². The van der Waals surface area contributed by atoms with E-state index in [1.54, 1.807) is 0 Å². The van der Waals surface area contributed by atoms with Crippen LogP contribution in [0.2, 0.25) is 0 Å². The van der Waals surface area contributed by atoms with Crippen molar-refractivity contribution in [3.05, 3.63) is 0 Å². The molecule has 12 heteroatoms. The summed E-state index contributed by atoms with van der Waals surface area (Å²) in [6.45, 7) is -2.65. The van der Waals surface area contributed by atoms with Crippen molar-refractivity contribution in [2.75, 3.05) is 19.6 Å². The van der Waals surface area contributed by atoms with E-state index in [-0.39, 0.29) is 0 Å². The summed E-state index contributed by atoms with van der Waals surface area (Å²) in [7, 11) is 0. The molecule has 0 aromatic rings. The van der Waals surface area contributed by atoms with Gasteiger partial charge in [-0.1, -0.05) is 0 Å². The molecule has 0 bridgehead atoms. The molecule has 0 aromatic heterocycles. The monoisotopic (exact) mass is 348 g/mol. The molecule has 0 radical (unpaired) electrons. The maximum atomic E-state index is 11.0. The molecule has 0 amide bonds. The molecule has 12 nitrogen and oxygen atoms in total. The SMILES string of the molecule is O=C(O)CN=C(CC(=O)O)C(CC(=O)O)N(CC(=O)O)CC(=O)O. The van der Waals surface area contributed by atoms with Gasteiger partial charge in [0.05, 0.1) is 32.0 Å². The summed E-state index contributed by atoms with van der Waals surface area (Å²) in [5.41, 5.74) is -0.435. The molecule has 0 rings (SSSR count). The van der Waals surface area contributed by atoms with Gasteiger partial charge in [0.25, 0.3) is 0 Å². The Kier molecular flexibility index (Phi) is 8.64. The zero-order chi connectivity index (χ0) is 18.9. The predicted molar refractivity (Wildman–Crippen MR) is 75.1 cm³/mol. The smallest absolute Gasteiger partial charge is 0.325 e. The van der Waals surface area contributed by atoms with E-state index in [1.165, 1.54) is 0 Å². The fraction of sp³-hybridized carbons (Fsp3) is 0.500. The van der Waals surface area contributed by atoms with E-state index in [9.17, 15) is 24.0 Å². The second-order valence-electron chi connectivity index (χ2n) is 4.58. The lowest BCUT2D eigenvalue weighted by Crippen LogP contribution is -2.48. The maximum Gasteiger partial charge on any atom is 0.325 e. The summed E-state index contributed by atoms with van der Waals surface area (Å²) >= 11 is 0. The van der Waals surface area contributed by atoms with Crippen LogP contribution < -0.4 is 0 Å². The molecular weight excluding hydrogens is 332 g/mol. The first-order chi connectivity index (χ1) is 11.0. The van der Waals surface area contributed by atoms with E-state index in [4.69, 9.17) is 25.5 Å². The Morgan fingerprint density at radius 1 is 0.750 bits per heavy atom. The third-order valence-electron chi connectivity index (χ3n) is 2.62. The lowest BCUT2D eigenvalue weighted by molar-refractivity contribution is -0.145. The number of aliphatic carboxylic acids is 5. The molecular formula is C12H16N2O10. The first-order valence-electron chi connectivity index (χ1n) is 6.39. The molecule has 1 atom stereocenters. The van der Waals surface area contributed by atoms with Crippen molar-refractivity contribution in [3.63, 3.8) is 0 Å². The molecule has 5 N–H and O–H groups in total. The van der Waals surface area contributed by atoms with E-state index >= 15 is 0 Å². The maximum absolute atomic E-state index is 11.0. The van der Waals surface area contributed by atoms with Crippen molar-refractivity contribution in [1.29, 1.82) is 0 Å². The van der Waals surface area contributed by atoms with Crippen LogP contribution in [0.5, 0.6) is 0 Å². The minimum Gasteiger partial charge on any atom is -0.481 e. The standard InChI is InChI=1S/C12H16N2O10/c15-8(16)1-6(13-3-10(19)20)7(2-9(17)18)14(4-11(21)22)5-12(23)24/h7H,1-5H2,(H,15,16)(H,17,18)(H,19,20)(H,21,22)(H,23,24). The Balaban J connectivity index is 5.81. The van der Waals surface area contributed by atoms with Gasteiger partial charge in [-0.2, -0.15) is 0 Å². The Labute approximate surface area is 134 Å². The quantitative estimate of drug-likeness (QED) is 0.251. The van der Waals surface area contributed by atoms with Crippen LogP contribution in [0.25, 0.3) is 0 Å². The van der Waals surface area contributed by atoms with Crippen LogP contribution in [-0.4, -0.2) is 91.7 Å². The molecule has 0 aromatic carbocycles. The summed E-state index contributed by atoms with van der Waals surface area (Å²) in [6.07, 6.45) is -1.70. The average Bonchev–Trinajstić information content (AvgIpc) is 2.38. The molecule has 0 saturated heterocycles. The van der Waals surface area contributed by atoms with Crippen LogP contribution in [-0.2, 0) is 24.0 Å². The molecule has 24 heavy (non-hydrogen) atoms. The van der Waals surface area contributed by atoms with Gasteiger partial charge >= 0.3 is 29.8 Å². The minimum atomic E-state index is -1.50. The Hall–Kier alpha value is -3.02. The number of aliphatic imine (C=N–C) groups is 1. The highest BCUT2D eigenvalue weighted by Gasteiger charge is 2.30. The summed E-state index contributed by atoms with van der Waals surface area (Å²) in [5.74, 6) is -7.29. The minimum absolute atomic E-state index is 0.435. The third-order valence-corrected chi connectivity index (χ3v) is 2.62. The van der Waals surface area contributed by atoms with Crippen molar-refractivity contribution in [1.82, 2.24) is 4.90 Å². The van der Waals surface area contributed by atoms with Crippen LogP contribution >= 0.6 is 0 Å². The largest absolute Gasteiger partial charge is 0.481 e. The molecule has 0 aliphatic carbocycles. The second-order valence-corrected chi connectivity index (χ2v) is 4.58. The molecule has 0 aliphatic heterocycles. The second kappa shape index (κ2) is 9.89. The third kappa shape index (κ3) is 9.09. The lowest BCUT2D eigenvalue weighted by Gasteiger charge is -2.28. The molecule has 1 unspecified atom stereocenters. The van der Waals surface area contributed by atoms with E-state index in [0.29, 0.717) is 4.90 Å². The number of carboxylic acid groups (broad SMARTS) is 5. The number of carbonyl (C=O) groups is 5. The zero-order valence-electron chi connectivity index (χ0n) is 12.3. The van der Waals surface area contributed by atoms with E-state index < -0.39 is 74.1 Å². The van der Waals surface area contributed by atoms with Gasteiger partial charge in [0.2, 0.25) is 0 Å². The van der Waals surface area contributed by atoms with Crippen LogP contribution in [0, 0.1) is 0 Å². The van der Waals surface area contributed by atoms with Gasteiger partial charge in [-0.3, -0.25) is 33.9 Å². The topological polar surface area (TPSA) is 202 Å². The van der Waals surface area contributed by atoms with E-state index in [2.05, 4.69) is 4.99 Å². The van der Waals surface area contributed by atoms with Gasteiger partial charge in [0.1, 0.15) is 6.54 Å². The normalized spacial score (nSPS) is 12.6.